The smallest absolute Gasteiger partial charge is 0.166 e. The predicted molar refractivity (Wildman–Crippen MR) is 68.3 cm³/mol. The standard InChI is InChI=1S/C15H21F3/c1-10(2)13(11(3)4)9-12-7-5-6-8-14(12)15(16,17)18/h5-8,10-11,13H,9H2,1-4H3. The topological polar surface area (TPSA) is 0 Å². The fraction of sp³-hybridized carbons (Fsp3) is 0.600. The molecule has 18 heavy (non-hydrogen) atoms. The van der Waals surface area contributed by atoms with Gasteiger partial charge in [0.2, 0.25) is 0 Å². The van der Waals surface area contributed by atoms with Gasteiger partial charge in [0, 0.05) is 0 Å². The van der Waals surface area contributed by atoms with E-state index >= 15 is 0 Å². The highest BCUT2D eigenvalue weighted by Gasteiger charge is 2.33. The van der Waals surface area contributed by atoms with E-state index < -0.39 is 11.7 Å². The first kappa shape index (κ1) is 15.1. The maximum atomic E-state index is 12.9. The molecule has 0 saturated heterocycles. The Bertz CT molecular complexity index is 370. The summed E-state index contributed by atoms with van der Waals surface area (Å²) in [6, 6.07) is 5.90. The Morgan fingerprint density at radius 1 is 0.944 bits per heavy atom. The molecule has 0 amide bonds. The summed E-state index contributed by atoms with van der Waals surface area (Å²) in [5, 5.41) is 0. The van der Waals surface area contributed by atoms with Gasteiger partial charge in [-0.25, -0.2) is 0 Å². The molecule has 0 aliphatic carbocycles. The summed E-state index contributed by atoms with van der Waals surface area (Å²) in [5.41, 5.74) is -0.0753. The van der Waals surface area contributed by atoms with E-state index in [4.69, 9.17) is 0 Å². The van der Waals surface area contributed by atoms with Crippen LogP contribution in [0, 0.1) is 17.8 Å². The van der Waals surface area contributed by atoms with Gasteiger partial charge in [-0.2, -0.15) is 13.2 Å². The van der Waals surface area contributed by atoms with E-state index in [2.05, 4.69) is 27.7 Å². The average molecular weight is 258 g/mol. The van der Waals surface area contributed by atoms with Crippen molar-refractivity contribution in [2.24, 2.45) is 17.8 Å². The molecular weight excluding hydrogens is 237 g/mol. The molecule has 3 heteroatoms. The molecule has 0 N–H and O–H groups in total. The highest BCUT2D eigenvalue weighted by molar-refractivity contribution is 5.30. The third-order valence-corrected chi connectivity index (χ3v) is 3.49. The van der Waals surface area contributed by atoms with E-state index in [1.807, 2.05) is 0 Å². The number of hydrogen-bond acceptors (Lipinski definition) is 0. The van der Waals surface area contributed by atoms with Gasteiger partial charge < -0.3 is 0 Å². The van der Waals surface area contributed by atoms with Crippen LogP contribution in [0.4, 0.5) is 13.2 Å². The molecule has 1 aromatic rings. The van der Waals surface area contributed by atoms with Crippen LogP contribution < -0.4 is 0 Å². The minimum atomic E-state index is -4.25. The van der Waals surface area contributed by atoms with Gasteiger partial charge in [-0.3, -0.25) is 0 Å². The van der Waals surface area contributed by atoms with Crippen LogP contribution in [0.5, 0.6) is 0 Å². The third kappa shape index (κ3) is 3.76. The van der Waals surface area contributed by atoms with Gasteiger partial charge in [-0.1, -0.05) is 45.9 Å². The second-order valence-corrected chi connectivity index (χ2v) is 5.51. The Balaban J connectivity index is 3.03. The number of hydrogen-bond donors (Lipinski definition) is 0. The Hall–Kier alpha value is -0.990. The summed E-state index contributed by atoms with van der Waals surface area (Å²) in [5.74, 6) is 1.03. The quantitative estimate of drug-likeness (QED) is 0.698. The third-order valence-electron chi connectivity index (χ3n) is 3.49. The van der Waals surface area contributed by atoms with Gasteiger partial charge in [0.1, 0.15) is 0 Å². The van der Waals surface area contributed by atoms with Gasteiger partial charge in [0.15, 0.2) is 0 Å². The fourth-order valence-corrected chi connectivity index (χ4v) is 2.47. The lowest BCUT2D eigenvalue weighted by Crippen LogP contribution is -2.20. The van der Waals surface area contributed by atoms with Crippen LogP contribution in [0.15, 0.2) is 24.3 Å². The average Bonchev–Trinajstić information content (AvgIpc) is 2.24. The summed E-state index contributed by atoms with van der Waals surface area (Å²) in [4.78, 5) is 0. The fourth-order valence-electron chi connectivity index (χ4n) is 2.47. The van der Waals surface area contributed by atoms with Crippen molar-refractivity contribution in [2.75, 3.05) is 0 Å². The molecule has 0 aliphatic heterocycles. The van der Waals surface area contributed by atoms with E-state index in [0.29, 0.717) is 23.8 Å². The molecule has 0 unspecified atom stereocenters. The molecule has 0 heterocycles. The SMILES string of the molecule is CC(C)C(Cc1ccccc1C(F)(F)F)C(C)C. The molecular formula is C15H21F3. The molecule has 0 aromatic heterocycles. The number of rotatable bonds is 4. The lowest BCUT2D eigenvalue weighted by molar-refractivity contribution is -0.138. The van der Waals surface area contributed by atoms with Crippen LogP contribution in [-0.2, 0) is 12.6 Å². The highest BCUT2D eigenvalue weighted by atomic mass is 19.4. The molecule has 0 spiro atoms. The largest absolute Gasteiger partial charge is 0.416 e. The summed E-state index contributed by atoms with van der Waals surface area (Å²) in [7, 11) is 0. The first-order valence-electron chi connectivity index (χ1n) is 6.38. The lowest BCUT2D eigenvalue weighted by Gasteiger charge is -2.26. The molecule has 0 saturated carbocycles. The van der Waals surface area contributed by atoms with Crippen molar-refractivity contribution in [3.8, 4) is 0 Å². The van der Waals surface area contributed by atoms with E-state index in [0.717, 1.165) is 0 Å². The van der Waals surface area contributed by atoms with Gasteiger partial charge in [0.05, 0.1) is 5.56 Å². The predicted octanol–water partition coefficient (Wildman–Crippen LogP) is 5.18. The Morgan fingerprint density at radius 3 is 1.89 bits per heavy atom. The van der Waals surface area contributed by atoms with Crippen molar-refractivity contribution in [1.29, 1.82) is 0 Å². The second-order valence-electron chi connectivity index (χ2n) is 5.51. The van der Waals surface area contributed by atoms with Gasteiger partial charge in [-0.05, 0) is 35.8 Å². The molecule has 0 nitrogen and oxygen atoms in total. The van der Waals surface area contributed by atoms with Crippen LogP contribution in [0.25, 0.3) is 0 Å². The Kier molecular flexibility index (Phi) is 4.83. The molecule has 0 fully saturated rings. The summed E-state index contributed by atoms with van der Waals surface area (Å²) in [6.45, 7) is 8.28. The molecule has 0 bridgehead atoms. The highest BCUT2D eigenvalue weighted by Crippen LogP contribution is 2.34. The van der Waals surface area contributed by atoms with Crippen molar-refractivity contribution in [2.45, 2.75) is 40.3 Å². The van der Waals surface area contributed by atoms with Crippen molar-refractivity contribution in [1.82, 2.24) is 0 Å². The first-order valence-corrected chi connectivity index (χ1v) is 6.38. The first-order chi connectivity index (χ1) is 8.23. The van der Waals surface area contributed by atoms with Crippen LogP contribution in [0.2, 0.25) is 0 Å². The van der Waals surface area contributed by atoms with E-state index in [1.54, 1.807) is 12.1 Å². The zero-order chi connectivity index (χ0) is 13.9. The molecule has 0 radical (unpaired) electrons. The van der Waals surface area contributed by atoms with Crippen molar-refractivity contribution >= 4 is 0 Å². The maximum absolute atomic E-state index is 12.9. The molecule has 0 atom stereocenters. The zero-order valence-electron chi connectivity index (χ0n) is 11.4. The van der Waals surface area contributed by atoms with Crippen LogP contribution in [0.1, 0.15) is 38.8 Å². The van der Waals surface area contributed by atoms with Gasteiger partial charge >= 0.3 is 6.18 Å². The summed E-state index contributed by atoms with van der Waals surface area (Å²) < 4.78 is 38.7. The molecule has 1 rings (SSSR count). The van der Waals surface area contributed by atoms with E-state index in [9.17, 15) is 13.2 Å². The minimum absolute atomic E-state index is 0.272. The van der Waals surface area contributed by atoms with Crippen molar-refractivity contribution in [3.05, 3.63) is 35.4 Å². The monoisotopic (exact) mass is 258 g/mol. The number of halogens is 3. The number of alkyl halides is 3. The molecule has 0 aliphatic rings. The van der Waals surface area contributed by atoms with Gasteiger partial charge in [0.25, 0.3) is 0 Å². The van der Waals surface area contributed by atoms with Gasteiger partial charge in [-0.15, -0.1) is 0 Å². The Labute approximate surface area is 107 Å². The maximum Gasteiger partial charge on any atom is 0.416 e. The lowest BCUT2D eigenvalue weighted by atomic mass is 9.80. The van der Waals surface area contributed by atoms with Crippen LogP contribution >= 0.6 is 0 Å². The summed E-state index contributed by atoms with van der Waals surface area (Å²) in [6.07, 6.45) is -3.76. The normalized spacial score (nSPS) is 12.8. The molecule has 1 aromatic carbocycles. The second kappa shape index (κ2) is 5.77. The Morgan fingerprint density at radius 2 is 1.44 bits per heavy atom. The van der Waals surface area contributed by atoms with Crippen LogP contribution in [-0.4, -0.2) is 0 Å². The van der Waals surface area contributed by atoms with Crippen molar-refractivity contribution in [3.63, 3.8) is 0 Å². The van der Waals surface area contributed by atoms with E-state index in [1.165, 1.54) is 12.1 Å². The zero-order valence-corrected chi connectivity index (χ0v) is 11.4. The minimum Gasteiger partial charge on any atom is -0.166 e. The summed E-state index contributed by atoms with van der Waals surface area (Å²) >= 11 is 0. The van der Waals surface area contributed by atoms with Crippen LogP contribution in [0.3, 0.4) is 0 Å². The number of benzene rings is 1. The van der Waals surface area contributed by atoms with Crippen molar-refractivity contribution < 1.29 is 13.2 Å². The van der Waals surface area contributed by atoms with E-state index in [-0.39, 0.29) is 5.92 Å². The molecule has 102 valence electrons.